The SMILES string of the molecule is CCCCCON(CCCCC)C[C@@H](O)C(F)(F)F. The number of rotatable bonds is 11. The molecule has 0 spiro atoms. The summed E-state index contributed by atoms with van der Waals surface area (Å²) in [7, 11) is 0. The van der Waals surface area contributed by atoms with Crippen LogP contribution < -0.4 is 0 Å². The number of halogens is 3. The highest BCUT2D eigenvalue weighted by atomic mass is 19.4. The van der Waals surface area contributed by atoms with Gasteiger partial charge in [-0.15, -0.1) is 0 Å². The van der Waals surface area contributed by atoms with Gasteiger partial charge in [-0.3, -0.25) is 4.84 Å². The summed E-state index contributed by atoms with van der Waals surface area (Å²) in [4.78, 5) is 5.33. The van der Waals surface area contributed by atoms with Crippen LogP contribution in [0.15, 0.2) is 0 Å². The largest absolute Gasteiger partial charge is 0.415 e. The van der Waals surface area contributed by atoms with E-state index in [4.69, 9.17) is 9.94 Å². The molecule has 0 fully saturated rings. The highest BCUT2D eigenvalue weighted by molar-refractivity contribution is 4.67. The molecule has 1 N–H and O–H groups in total. The maximum absolute atomic E-state index is 12.3. The quantitative estimate of drug-likeness (QED) is 0.465. The van der Waals surface area contributed by atoms with Crippen molar-refractivity contribution >= 4 is 0 Å². The molecule has 19 heavy (non-hydrogen) atoms. The molecule has 0 unspecified atom stereocenters. The van der Waals surface area contributed by atoms with Gasteiger partial charge in [-0.1, -0.05) is 39.5 Å². The molecule has 0 heterocycles. The molecule has 0 radical (unpaired) electrons. The molecule has 0 aromatic carbocycles. The van der Waals surface area contributed by atoms with E-state index in [2.05, 4.69) is 0 Å². The van der Waals surface area contributed by atoms with Gasteiger partial charge >= 0.3 is 6.18 Å². The molecule has 0 saturated heterocycles. The third kappa shape index (κ3) is 10.2. The molecule has 0 aromatic heterocycles. The molecule has 1 atom stereocenters. The smallest absolute Gasteiger partial charge is 0.382 e. The van der Waals surface area contributed by atoms with Gasteiger partial charge in [-0.05, 0) is 12.8 Å². The minimum Gasteiger partial charge on any atom is -0.382 e. The standard InChI is InChI=1S/C13H26F3NO2/c1-3-5-7-9-17(19-10-8-6-4-2)11-12(18)13(14,15)16/h12,18H,3-11H2,1-2H3/t12-/m1/s1. The summed E-state index contributed by atoms with van der Waals surface area (Å²) in [6.07, 6.45) is -1.38. The van der Waals surface area contributed by atoms with Gasteiger partial charge in [-0.25, -0.2) is 0 Å². The average Bonchev–Trinajstić information content (AvgIpc) is 2.33. The van der Waals surface area contributed by atoms with Gasteiger partial charge in [0.2, 0.25) is 0 Å². The molecule has 3 nitrogen and oxygen atoms in total. The van der Waals surface area contributed by atoms with E-state index in [0.717, 1.165) is 38.5 Å². The Kier molecular flexibility index (Phi) is 10.3. The fraction of sp³-hybridized carbons (Fsp3) is 1.00. The van der Waals surface area contributed by atoms with Crippen LogP contribution in [0.4, 0.5) is 13.2 Å². The second kappa shape index (κ2) is 10.5. The van der Waals surface area contributed by atoms with Crippen molar-refractivity contribution < 1.29 is 23.1 Å². The zero-order chi connectivity index (χ0) is 14.7. The highest BCUT2D eigenvalue weighted by Gasteiger charge is 2.39. The van der Waals surface area contributed by atoms with Crippen molar-refractivity contribution in [1.82, 2.24) is 5.06 Å². The topological polar surface area (TPSA) is 32.7 Å². The highest BCUT2D eigenvalue weighted by Crippen LogP contribution is 2.21. The molecule has 0 aromatic rings. The van der Waals surface area contributed by atoms with Crippen molar-refractivity contribution in [2.45, 2.75) is 64.7 Å². The van der Waals surface area contributed by atoms with Gasteiger partial charge in [0, 0.05) is 6.54 Å². The van der Waals surface area contributed by atoms with E-state index in [9.17, 15) is 13.2 Å². The predicted octanol–water partition coefficient (Wildman–Crippen LogP) is 3.52. The summed E-state index contributed by atoms with van der Waals surface area (Å²) in [5.41, 5.74) is 0. The van der Waals surface area contributed by atoms with Crippen LogP contribution in [0, 0.1) is 0 Å². The first-order valence-corrected chi connectivity index (χ1v) is 7.04. The summed E-state index contributed by atoms with van der Waals surface area (Å²) in [5, 5.41) is 10.3. The number of alkyl halides is 3. The molecular weight excluding hydrogens is 259 g/mol. The van der Waals surface area contributed by atoms with Crippen molar-refractivity contribution in [1.29, 1.82) is 0 Å². The molecular formula is C13H26F3NO2. The fourth-order valence-corrected chi connectivity index (χ4v) is 1.59. The van der Waals surface area contributed by atoms with E-state index < -0.39 is 18.8 Å². The lowest BCUT2D eigenvalue weighted by molar-refractivity contribution is -0.242. The number of aliphatic hydroxyl groups is 1. The molecule has 0 aliphatic heterocycles. The Labute approximate surface area is 113 Å². The minimum absolute atomic E-state index is 0.407. The van der Waals surface area contributed by atoms with Gasteiger partial charge in [-0.2, -0.15) is 18.2 Å². The van der Waals surface area contributed by atoms with Crippen molar-refractivity contribution in [3.63, 3.8) is 0 Å². The molecule has 6 heteroatoms. The third-order valence-electron chi connectivity index (χ3n) is 2.79. The van der Waals surface area contributed by atoms with E-state index in [1.54, 1.807) is 0 Å². The Morgan fingerprint density at radius 3 is 2.16 bits per heavy atom. The van der Waals surface area contributed by atoms with E-state index in [1.165, 1.54) is 5.06 Å². The first kappa shape index (κ1) is 18.7. The van der Waals surface area contributed by atoms with Gasteiger partial charge in [0.05, 0.1) is 13.2 Å². The van der Waals surface area contributed by atoms with E-state index in [1.807, 2.05) is 13.8 Å². The fourth-order valence-electron chi connectivity index (χ4n) is 1.59. The Bertz CT molecular complexity index is 213. The van der Waals surface area contributed by atoms with Gasteiger partial charge in [0.1, 0.15) is 0 Å². The molecule has 0 aliphatic rings. The maximum Gasteiger partial charge on any atom is 0.415 e. The van der Waals surface area contributed by atoms with Crippen LogP contribution in [-0.2, 0) is 4.84 Å². The monoisotopic (exact) mass is 285 g/mol. The number of aliphatic hydroxyl groups excluding tert-OH is 1. The Balaban J connectivity index is 4.09. The summed E-state index contributed by atoms with van der Waals surface area (Å²) in [6, 6.07) is 0. The number of hydrogen-bond donors (Lipinski definition) is 1. The third-order valence-corrected chi connectivity index (χ3v) is 2.79. The summed E-state index contributed by atoms with van der Waals surface area (Å²) >= 11 is 0. The van der Waals surface area contributed by atoms with Gasteiger partial charge in [0.25, 0.3) is 0 Å². The summed E-state index contributed by atoms with van der Waals surface area (Å²) in [6.45, 7) is 4.39. The van der Waals surface area contributed by atoms with Crippen LogP contribution in [0.2, 0.25) is 0 Å². The normalized spacial score (nSPS) is 14.1. The second-order valence-corrected chi connectivity index (χ2v) is 4.69. The zero-order valence-electron chi connectivity index (χ0n) is 11.9. The van der Waals surface area contributed by atoms with E-state index in [-0.39, 0.29) is 0 Å². The summed E-state index contributed by atoms with van der Waals surface area (Å²) in [5.74, 6) is 0. The number of unbranched alkanes of at least 4 members (excludes halogenated alkanes) is 4. The Morgan fingerprint density at radius 1 is 1.05 bits per heavy atom. The van der Waals surface area contributed by atoms with Crippen LogP contribution in [0.5, 0.6) is 0 Å². The first-order valence-electron chi connectivity index (χ1n) is 7.04. The predicted molar refractivity (Wildman–Crippen MR) is 68.6 cm³/mol. The second-order valence-electron chi connectivity index (χ2n) is 4.69. The van der Waals surface area contributed by atoms with Crippen LogP contribution in [0.3, 0.4) is 0 Å². The Hall–Kier alpha value is -0.330. The molecule has 0 bridgehead atoms. The van der Waals surface area contributed by atoms with Crippen molar-refractivity contribution in [2.24, 2.45) is 0 Å². The molecule has 0 rings (SSSR count). The van der Waals surface area contributed by atoms with Crippen LogP contribution in [0.25, 0.3) is 0 Å². The lowest BCUT2D eigenvalue weighted by Gasteiger charge is -2.25. The van der Waals surface area contributed by atoms with Crippen molar-refractivity contribution in [3.05, 3.63) is 0 Å². The van der Waals surface area contributed by atoms with Gasteiger partial charge in [0.15, 0.2) is 6.10 Å². The van der Waals surface area contributed by atoms with Crippen LogP contribution in [-0.4, -0.2) is 42.1 Å². The van der Waals surface area contributed by atoms with Crippen LogP contribution in [0.1, 0.15) is 52.4 Å². The maximum atomic E-state index is 12.3. The van der Waals surface area contributed by atoms with E-state index in [0.29, 0.717) is 13.2 Å². The number of nitrogens with zero attached hydrogens (tertiary/aromatic N) is 1. The Morgan fingerprint density at radius 2 is 1.63 bits per heavy atom. The lowest BCUT2D eigenvalue weighted by Crippen LogP contribution is -2.41. The average molecular weight is 285 g/mol. The van der Waals surface area contributed by atoms with Crippen molar-refractivity contribution in [2.75, 3.05) is 19.7 Å². The molecule has 0 aliphatic carbocycles. The number of hydroxylamine groups is 2. The first-order chi connectivity index (χ1) is 8.91. The molecule has 0 amide bonds. The zero-order valence-corrected chi connectivity index (χ0v) is 11.9. The van der Waals surface area contributed by atoms with E-state index >= 15 is 0 Å². The van der Waals surface area contributed by atoms with Crippen molar-refractivity contribution in [3.8, 4) is 0 Å². The van der Waals surface area contributed by atoms with Crippen LogP contribution >= 0.6 is 0 Å². The summed E-state index contributed by atoms with van der Waals surface area (Å²) < 4.78 is 36.9. The number of hydrogen-bond acceptors (Lipinski definition) is 3. The lowest BCUT2D eigenvalue weighted by atomic mass is 10.2. The van der Waals surface area contributed by atoms with Gasteiger partial charge < -0.3 is 5.11 Å². The minimum atomic E-state index is -4.59. The molecule has 0 saturated carbocycles. The molecule has 116 valence electrons.